The summed E-state index contributed by atoms with van der Waals surface area (Å²) in [5.41, 5.74) is 1.04. The SMILES string of the molecule is FC(F)(F)O[C@H]1C[C@@H](n2cc(N3CC4CC5(CC4C3)OCCO5)cn2)C1. The van der Waals surface area contributed by atoms with E-state index in [1.807, 2.05) is 12.4 Å². The normalized spacial score (nSPS) is 35.9. The number of anilines is 1. The Kier molecular flexibility index (Phi) is 3.78. The highest BCUT2D eigenvalue weighted by Crippen LogP contribution is 2.48. The van der Waals surface area contributed by atoms with Gasteiger partial charge in [0.2, 0.25) is 0 Å². The first-order valence-electron chi connectivity index (χ1n) is 9.21. The molecule has 6 nitrogen and oxygen atoms in total. The number of hydrogen-bond acceptors (Lipinski definition) is 5. The van der Waals surface area contributed by atoms with E-state index in [0.29, 0.717) is 37.9 Å². The number of aromatic nitrogens is 2. The third kappa shape index (κ3) is 2.99. The molecule has 1 spiro atoms. The maximum Gasteiger partial charge on any atom is 0.522 e. The highest BCUT2D eigenvalue weighted by atomic mass is 19.4. The quantitative estimate of drug-likeness (QED) is 0.816. The molecule has 4 fully saturated rings. The minimum atomic E-state index is -4.55. The molecule has 2 aliphatic heterocycles. The van der Waals surface area contributed by atoms with Crippen LogP contribution in [0.2, 0.25) is 0 Å². The van der Waals surface area contributed by atoms with Crippen molar-refractivity contribution in [3.63, 3.8) is 0 Å². The van der Waals surface area contributed by atoms with Crippen LogP contribution in [0.5, 0.6) is 0 Å². The van der Waals surface area contributed by atoms with Crippen LogP contribution in [-0.4, -0.2) is 54.3 Å². The lowest BCUT2D eigenvalue weighted by molar-refractivity contribution is -0.353. The van der Waals surface area contributed by atoms with Crippen molar-refractivity contribution in [2.24, 2.45) is 11.8 Å². The van der Waals surface area contributed by atoms with Gasteiger partial charge < -0.3 is 14.4 Å². The highest BCUT2D eigenvalue weighted by Gasteiger charge is 2.52. The molecular weight excluding hydrogens is 351 g/mol. The topological polar surface area (TPSA) is 48.8 Å². The molecule has 9 heteroatoms. The molecule has 1 aromatic rings. The number of fused-ring (bicyclic) bond motifs is 1. The average Bonchev–Trinajstić information content (AvgIpc) is 3.25. The molecule has 0 N–H and O–H groups in total. The predicted molar refractivity (Wildman–Crippen MR) is 84.5 cm³/mol. The smallest absolute Gasteiger partial charge is 0.368 e. The van der Waals surface area contributed by atoms with Crippen molar-refractivity contribution in [3.05, 3.63) is 12.4 Å². The summed E-state index contributed by atoms with van der Waals surface area (Å²) < 4.78 is 54.2. The van der Waals surface area contributed by atoms with Crippen LogP contribution in [0.3, 0.4) is 0 Å². The van der Waals surface area contributed by atoms with E-state index in [9.17, 15) is 13.2 Å². The molecule has 0 aromatic carbocycles. The summed E-state index contributed by atoms with van der Waals surface area (Å²) in [7, 11) is 0. The standard InChI is InChI=1S/C17H22F3N3O3/c18-17(19,20)26-15-3-13(4-15)23-10-14(7-21-23)22-8-11-5-16(6-12(11)9-22)24-1-2-25-16/h7,10-13,15H,1-6,8-9H2/t11?,12?,13-,15+. The second kappa shape index (κ2) is 5.84. The molecule has 144 valence electrons. The largest absolute Gasteiger partial charge is 0.522 e. The minimum Gasteiger partial charge on any atom is -0.368 e. The minimum absolute atomic E-state index is 0.0123. The summed E-state index contributed by atoms with van der Waals surface area (Å²) in [6, 6.07) is -0.0123. The van der Waals surface area contributed by atoms with Crippen LogP contribution in [0.4, 0.5) is 18.9 Å². The summed E-state index contributed by atoms with van der Waals surface area (Å²) in [6.07, 6.45) is 1.06. The molecular formula is C17H22F3N3O3. The van der Waals surface area contributed by atoms with Crippen molar-refractivity contribution in [2.45, 2.75) is 50.0 Å². The third-order valence-electron chi connectivity index (χ3n) is 6.23. The van der Waals surface area contributed by atoms with Gasteiger partial charge in [0, 0.05) is 32.1 Å². The maximum absolute atomic E-state index is 12.2. The number of alkyl halides is 3. The van der Waals surface area contributed by atoms with E-state index in [1.54, 1.807) is 4.68 Å². The van der Waals surface area contributed by atoms with Crippen molar-refractivity contribution in [1.82, 2.24) is 9.78 Å². The van der Waals surface area contributed by atoms with Gasteiger partial charge in [-0.15, -0.1) is 13.2 Å². The van der Waals surface area contributed by atoms with Crippen LogP contribution in [-0.2, 0) is 14.2 Å². The Hall–Kier alpha value is -1.32. The Morgan fingerprint density at radius 2 is 1.77 bits per heavy atom. The summed E-state index contributed by atoms with van der Waals surface area (Å²) >= 11 is 0. The lowest BCUT2D eigenvalue weighted by Gasteiger charge is -2.35. The van der Waals surface area contributed by atoms with Crippen LogP contribution < -0.4 is 4.90 Å². The molecule has 2 unspecified atom stereocenters. The van der Waals surface area contributed by atoms with E-state index in [2.05, 4.69) is 14.7 Å². The van der Waals surface area contributed by atoms with E-state index in [-0.39, 0.29) is 11.8 Å². The predicted octanol–water partition coefficient (Wildman–Crippen LogP) is 2.71. The van der Waals surface area contributed by atoms with Crippen LogP contribution in [0.15, 0.2) is 12.4 Å². The third-order valence-corrected chi connectivity index (χ3v) is 6.23. The van der Waals surface area contributed by atoms with Gasteiger partial charge in [0.15, 0.2) is 5.79 Å². The molecule has 2 aliphatic carbocycles. The van der Waals surface area contributed by atoms with Gasteiger partial charge in [0.05, 0.1) is 37.2 Å². The Morgan fingerprint density at radius 3 is 2.38 bits per heavy atom. The second-order valence-corrected chi connectivity index (χ2v) is 7.93. The molecule has 0 radical (unpaired) electrons. The van der Waals surface area contributed by atoms with Gasteiger partial charge in [-0.05, 0) is 24.7 Å². The second-order valence-electron chi connectivity index (χ2n) is 7.93. The lowest BCUT2D eigenvalue weighted by Crippen LogP contribution is -2.37. The first-order chi connectivity index (χ1) is 12.4. The van der Waals surface area contributed by atoms with Gasteiger partial charge in [-0.1, -0.05) is 0 Å². The number of rotatable bonds is 3. The van der Waals surface area contributed by atoms with Crippen molar-refractivity contribution < 1.29 is 27.4 Å². The highest BCUT2D eigenvalue weighted by molar-refractivity contribution is 5.44. The Morgan fingerprint density at radius 1 is 1.12 bits per heavy atom. The van der Waals surface area contributed by atoms with Crippen molar-refractivity contribution in [1.29, 1.82) is 0 Å². The monoisotopic (exact) mass is 373 g/mol. The number of nitrogens with zero attached hydrogens (tertiary/aromatic N) is 3. The van der Waals surface area contributed by atoms with E-state index >= 15 is 0 Å². The van der Waals surface area contributed by atoms with E-state index in [0.717, 1.165) is 31.6 Å². The Labute approximate surface area is 149 Å². The molecule has 0 amide bonds. The van der Waals surface area contributed by atoms with Crippen molar-refractivity contribution in [2.75, 3.05) is 31.2 Å². The molecule has 0 bridgehead atoms. The fraction of sp³-hybridized carbons (Fsp3) is 0.824. The van der Waals surface area contributed by atoms with Crippen molar-refractivity contribution >= 4 is 5.69 Å². The van der Waals surface area contributed by atoms with E-state index in [1.165, 1.54) is 0 Å². The number of halogens is 3. The molecule has 2 saturated heterocycles. The molecule has 2 atom stereocenters. The summed E-state index contributed by atoms with van der Waals surface area (Å²) in [6.45, 7) is 3.29. The van der Waals surface area contributed by atoms with Gasteiger partial charge in [-0.2, -0.15) is 5.10 Å². The summed E-state index contributed by atoms with van der Waals surface area (Å²) in [5.74, 6) is 0.778. The van der Waals surface area contributed by atoms with Crippen LogP contribution in [0.25, 0.3) is 0 Å². The van der Waals surface area contributed by atoms with Gasteiger partial charge in [0.25, 0.3) is 0 Å². The molecule has 5 rings (SSSR count). The van der Waals surface area contributed by atoms with Gasteiger partial charge >= 0.3 is 6.36 Å². The van der Waals surface area contributed by atoms with Gasteiger partial charge in [-0.25, -0.2) is 0 Å². The maximum atomic E-state index is 12.2. The van der Waals surface area contributed by atoms with Crippen LogP contribution in [0.1, 0.15) is 31.7 Å². The number of hydrogen-bond donors (Lipinski definition) is 0. The lowest BCUT2D eigenvalue weighted by atomic mass is 9.89. The summed E-state index contributed by atoms with van der Waals surface area (Å²) in [4.78, 5) is 2.32. The van der Waals surface area contributed by atoms with Gasteiger partial charge in [0.1, 0.15) is 0 Å². The zero-order valence-corrected chi connectivity index (χ0v) is 14.3. The van der Waals surface area contributed by atoms with E-state index < -0.39 is 12.5 Å². The molecule has 26 heavy (non-hydrogen) atoms. The van der Waals surface area contributed by atoms with E-state index in [4.69, 9.17) is 9.47 Å². The number of ether oxygens (including phenoxy) is 3. The molecule has 1 aromatic heterocycles. The molecule has 4 aliphatic rings. The molecule has 3 heterocycles. The molecule has 2 saturated carbocycles. The fourth-order valence-corrected chi connectivity index (χ4v) is 4.96. The first kappa shape index (κ1) is 16.8. The zero-order valence-electron chi connectivity index (χ0n) is 14.3. The Bertz CT molecular complexity index is 652. The zero-order chi connectivity index (χ0) is 17.9. The van der Waals surface area contributed by atoms with Gasteiger partial charge in [-0.3, -0.25) is 9.42 Å². The summed E-state index contributed by atoms with van der Waals surface area (Å²) in [5, 5.41) is 4.37. The first-order valence-corrected chi connectivity index (χ1v) is 9.21. The van der Waals surface area contributed by atoms with Crippen LogP contribution >= 0.6 is 0 Å². The Balaban J connectivity index is 1.17. The fourth-order valence-electron chi connectivity index (χ4n) is 4.96. The van der Waals surface area contributed by atoms with Crippen LogP contribution in [0, 0.1) is 11.8 Å². The average molecular weight is 373 g/mol. The van der Waals surface area contributed by atoms with Crippen molar-refractivity contribution in [3.8, 4) is 0 Å².